The van der Waals surface area contributed by atoms with E-state index in [1.807, 2.05) is 0 Å². The summed E-state index contributed by atoms with van der Waals surface area (Å²) < 4.78 is 19.3. The zero-order chi connectivity index (χ0) is 14.3. The van der Waals surface area contributed by atoms with Crippen molar-refractivity contribution < 1.29 is 13.9 Å². The summed E-state index contributed by atoms with van der Waals surface area (Å²) in [5.41, 5.74) is 0.692. The Hall–Kier alpha value is -1.55. The third-order valence-corrected chi connectivity index (χ3v) is 3.49. The van der Waals surface area contributed by atoms with Crippen molar-refractivity contribution in [3.63, 3.8) is 0 Å². The fourth-order valence-electron chi connectivity index (χ4n) is 2.05. The van der Waals surface area contributed by atoms with Gasteiger partial charge in [0.1, 0.15) is 23.3 Å². The van der Waals surface area contributed by atoms with Crippen LogP contribution >= 0.6 is 23.2 Å². The molecule has 2 nitrogen and oxygen atoms in total. The van der Waals surface area contributed by atoms with Gasteiger partial charge in [-0.25, -0.2) is 4.39 Å². The van der Waals surface area contributed by atoms with E-state index in [-0.39, 0.29) is 16.3 Å². The largest absolute Gasteiger partial charge is 0.458 e. The van der Waals surface area contributed by atoms with Gasteiger partial charge < -0.3 is 9.52 Å². The second-order valence-electron chi connectivity index (χ2n) is 4.40. The Kier molecular flexibility index (Phi) is 3.42. The minimum absolute atomic E-state index is 0.111. The molecular weight excluding hydrogens is 302 g/mol. The molecule has 0 aliphatic heterocycles. The van der Waals surface area contributed by atoms with E-state index in [9.17, 15) is 9.50 Å². The van der Waals surface area contributed by atoms with Crippen molar-refractivity contribution >= 4 is 34.2 Å². The fraction of sp³-hybridized carbons (Fsp3) is 0.0667. The van der Waals surface area contributed by atoms with Gasteiger partial charge in [-0.05, 0) is 36.4 Å². The van der Waals surface area contributed by atoms with Crippen LogP contribution in [0.1, 0.15) is 17.4 Å². The van der Waals surface area contributed by atoms with Crippen molar-refractivity contribution in [2.45, 2.75) is 6.10 Å². The van der Waals surface area contributed by atoms with Crippen molar-refractivity contribution in [1.29, 1.82) is 0 Å². The minimum atomic E-state index is -1.20. The molecule has 1 N–H and O–H groups in total. The molecule has 1 aromatic heterocycles. The van der Waals surface area contributed by atoms with Crippen LogP contribution in [0.2, 0.25) is 10.0 Å². The topological polar surface area (TPSA) is 33.4 Å². The van der Waals surface area contributed by atoms with E-state index in [0.29, 0.717) is 10.6 Å². The Morgan fingerprint density at radius 1 is 1.00 bits per heavy atom. The molecule has 3 aromatic rings. The molecular formula is C15H9Cl2FO2. The van der Waals surface area contributed by atoms with Crippen LogP contribution in [0, 0.1) is 5.82 Å². The lowest BCUT2D eigenvalue weighted by Gasteiger charge is -2.09. The molecule has 0 aliphatic carbocycles. The van der Waals surface area contributed by atoms with Crippen molar-refractivity contribution in [1.82, 2.24) is 0 Å². The summed E-state index contributed by atoms with van der Waals surface area (Å²) in [7, 11) is 0. The highest BCUT2D eigenvalue weighted by molar-refractivity contribution is 6.31. The number of furan rings is 1. The Balaban J connectivity index is 2.05. The zero-order valence-electron chi connectivity index (χ0n) is 10.1. The molecule has 0 bridgehead atoms. The lowest BCUT2D eigenvalue weighted by molar-refractivity contribution is 0.187. The van der Waals surface area contributed by atoms with Crippen LogP contribution in [-0.2, 0) is 0 Å². The van der Waals surface area contributed by atoms with Crippen LogP contribution in [0.5, 0.6) is 0 Å². The van der Waals surface area contributed by atoms with Crippen molar-refractivity contribution in [3.05, 3.63) is 69.7 Å². The maximum atomic E-state index is 13.8. The Bertz CT molecular complexity index is 783. The number of rotatable bonds is 2. The van der Waals surface area contributed by atoms with E-state index in [2.05, 4.69) is 0 Å². The first-order chi connectivity index (χ1) is 9.54. The van der Waals surface area contributed by atoms with Crippen LogP contribution < -0.4 is 0 Å². The first-order valence-electron chi connectivity index (χ1n) is 5.86. The highest BCUT2D eigenvalue weighted by Crippen LogP contribution is 2.31. The number of hydrogen-bond acceptors (Lipinski definition) is 2. The van der Waals surface area contributed by atoms with Gasteiger partial charge in [0.15, 0.2) is 0 Å². The molecule has 2 aromatic carbocycles. The molecule has 3 rings (SSSR count). The summed E-state index contributed by atoms with van der Waals surface area (Å²) in [6.07, 6.45) is -1.20. The van der Waals surface area contributed by atoms with Crippen LogP contribution in [0.3, 0.4) is 0 Å². The van der Waals surface area contributed by atoms with Crippen LogP contribution in [-0.4, -0.2) is 5.11 Å². The van der Waals surface area contributed by atoms with Gasteiger partial charge in [0.05, 0.1) is 0 Å². The van der Waals surface area contributed by atoms with Gasteiger partial charge in [-0.2, -0.15) is 0 Å². The molecule has 5 heteroatoms. The number of fused-ring (bicyclic) bond motifs is 1. The molecule has 0 amide bonds. The molecule has 1 unspecified atom stereocenters. The van der Waals surface area contributed by atoms with Crippen LogP contribution in [0.25, 0.3) is 11.0 Å². The van der Waals surface area contributed by atoms with Crippen LogP contribution in [0.4, 0.5) is 4.39 Å². The highest BCUT2D eigenvalue weighted by Gasteiger charge is 2.19. The Morgan fingerprint density at radius 2 is 1.70 bits per heavy atom. The normalized spacial score (nSPS) is 12.8. The molecule has 1 heterocycles. The zero-order valence-corrected chi connectivity index (χ0v) is 11.6. The van der Waals surface area contributed by atoms with E-state index in [0.717, 1.165) is 11.5 Å². The number of aliphatic hydroxyl groups is 1. The summed E-state index contributed by atoms with van der Waals surface area (Å²) in [5, 5.41) is 11.8. The standard InChI is InChI=1S/C15H9Cl2FO2/c16-9-2-4-13-8(5-9)6-14(20-13)15(19)11-3-1-10(17)7-12(11)18/h1-7,15,19H. The maximum Gasteiger partial charge on any atom is 0.139 e. The third-order valence-electron chi connectivity index (χ3n) is 3.02. The number of halogens is 3. The lowest BCUT2D eigenvalue weighted by atomic mass is 10.1. The predicted molar refractivity (Wildman–Crippen MR) is 76.7 cm³/mol. The molecule has 20 heavy (non-hydrogen) atoms. The third kappa shape index (κ3) is 2.40. The molecule has 0 aliphatic rings. The van der Waals surface area contributed by atoms with Gasteiger partial charge >= 0.3 is 0 Å². The monoisotopic (exact) mass is 310 g/mol. The van der Waals surface area contributed by atoms with Gasteiger partial charge in [0.2, 0.25) is 0 Å². The summed E-state index contributed by atoms with van der Waals surface area (Å²) in [4.78, 5) is 0. The molecule has 0 fully saturated rings. The van der Waals surface area contributed by atoms with Crippen molar-refractivity contribution in [2.24, 2.45) is 0 Å². The van der Waals surface area contributed by atoms with E-state index in [1.54, 1.807) is 24.3 Å². The molecule has 0 spiro atoms. The second kappa shape index (κ2) is 5.09. The number of hydrogen-bond donors (Lipinski definition) is 1. The summed E-state index contributed by atoms with van der Waals surface area (Å²) in [5.74, 6) is -0.327. The van der Waals surface area contributed by atoms with E-state index in [1.165, 1.54) is 12.1 Å². The summed E-state index contributed by atoms with van der Waals surface area (Å²) >= 11 is 11.6. The first kappa shape index (κ1) is 13.4. The number of benzene rings is 2. The average molecular weight is 311 g/mol. The highest BCUT2D eigenvalue weighted by atomic mass is 35.5. The lowest BCUT2D eigenvalue weighted by Crippen LogP contribution is -2.01. The van der Waals surface area contributed by atoms with Gasteiger partial charge in [-0.1, -0.05) is 29.3 Å². The molecule has 102 valence electrons. The summed E-state index contributed by atoms with van der Waals surface area (Å²) in [6, 6.07) is 10.8. The van der Waals surface area contributed by atoms with Crippen LogP contribution in [0.15, 0.2) is 46.9 Å². The first-order valence-corrected chi connectivity index (χ1v) is 6.62. The average Bonchev–Trinajstić information content (AvgIpc) is 2.81. The fourth-order valence-corrected chi connectivity index (χ4v) is 2.39. The smallest absolute Gasteiger partial charge is 0.139 e. The Morgan fingerprint density at radius 3 is 2.45 bits per heavy atom. The molecule has 0 radical (unpaired) electrons. The molecule has 1 atom stereocenters. The molecule has 0 saturated heterocycles. The van der Waals surface area contributed by atoms with Gasteiger partial charge in [-0.3, -0.25) is 0 Å². The quantitative estimate of drug-likeness (QED) is 0.725. The van der Waals surface area contributed by atoms with E-state index in [4.69, 9.17) is 27.6 Å². The SMILES string of the molecule is OC(c1cc2cc(Cl)ccc2o1)c1ccc(Cl)cc1F. The van der Waals surface area contributed by atoms with E-state index < -0.39 is 11.9 Å². The van der Waals surface area contributed by atoms with E-state index >= 15 is 0 Å². The van der Waals surface area contributed by atoms with Crippen molar-refractivity contribution in [3.8, 4) is 0 Å². The van der Waals surface area contributed by atoms with Gasteiger partial charge in [0.25, 0.3) is 0 Å². The Labute approximate surface area is 124 Å². The van der Waals surface area contributed by atoms with Crippen molar-refractivity contribution in [2.75, 3.05) is 0 Å². The van der Waals surface area contributed by atoms with Gasteiger partial charge in [0, 0.05) is 21.0 Å². The maximum absolute atomic E-state index is 13.8. The second-order valence-corrected chi connectivity index (χ2v) is 5.27. The summed E-state index contributed by atoms with van der Waals surface area (Å²) in [6.45, 7) is 0. The minimum Gasteiger partial charge on any atom is -0.458 e. The number of aliphatic hydroxyl groups excluding tert-OH is 1. The molecule has 0 saturated carbocycles. The van der Waals surface area contributed by atoms with Gasteiger partial charge in [-0.15, -0.1) is 0 Å². The predicted octanol–water partition coefficient (Wildman–Crippen LogP) is 4.96.